The number of carbonyl (C=O) groups is 2. The average molecular weight is 314 g/mol. The normalized spacial score (nSPS) is 12.3. The molecular weight excluding hydrogens is 296 g/mol. The van der Waals surface area contributed by atoms with E-state index >= 15 is 0 Å². The molecule has 7 nitrogen and oxygen atoms in total. The zero-order chi connectivity index (χ0) is 15.9. The van der Waals surface area contributed by atoms with Gasteiger partial charge in [0, 0.05) is 12.5 Å². The summed E-state index contributed by atoms with van der Waals surface area (Å²) in [6.45, 7) is 1.70. The standard InChI is InChI=1S/C13H18N2O5S/c1-10(8-12(16)15-21(2,18)19)14-13(17)20-9-11-6-4-3-5-7-11/h3-7,10H,8-9H2,1-2H3,(H,14,17)(H,15,16). The molecule has 0 aliphatic heterocycles. The lowest BCUT2D eigenvalue weighted by molar-refractivity contribution is -0.119. The molecule has 0 saturated carbocycles. The number of carbonyl (C=O) groups excluding carboxylic acids is 2. The van der Waals surface area contributed by atoms with Gasteiger partial charge in [0.05, 0.1) is 6.26 Å². The summed E-state index contributed by atoms with van der Waals surface area (Å²) < 4.78 is 28.5. The molecule has 1 aromatic carbocycles. The van der Waals surface area contributed by atoms with Crippen LogP contribution in [-0.2, 0) is 26.2 Å². The van der Waals surface area contributed by atoms with Crippen molar-refractivity contribution >= 4 is 22.0 Å². The number of sulfonamides is 1. The number of benzene rings is 1. The van der Waals surface area contributed by atoms with Crippen molar-refractivity contribution in [2.75, 3.05) is 6.26 Å². The number of hydrogen-bond donors (Lipinski definition) is 2. The Morgan fingerprint density at radius 3 is 2.43 bits per heavy atom. The Bertz CT molecular complexity index is 586. The van der Waals surface area contributed by atoms with Gasteiger partial charge >= 0.3 is 6.09 Å². The summed E-state index contributed by atoms with van der Waals surface area (Å²) >= 11 is 0. The van der Waals surface area contributed by atoms with Gasteiger partial charge in [-0.25, -0.2) is 13.2 Å². The first-order valence-corrected chi connectivity index (χ1v) is 8.13. The molecule has 1 aromatic rings. The highest BCUT2D eigenvalue weighted by Crippen LogP contribution is 2.01. The van der Waals surface area contributed by atoms with Gasteiger partial charge in [-0.1, -0.05) is 30.3 Å². The van der Waals surface area contributed by atoms with Gasteiger partial charge in [0.2, 0.25) is 15.9 Å². The molecule has 0 aromatic heterocycles. The fourth-order valence-electron chi connectivity index (χ4n) is 1.54. The Morgan fingerprint density at radius 2 is 1.86 bits per heavy atom. The molecular formula is C13H18N2O5S. The van der Waals surface area contributed by atoms with Crippen LogP contribution < -0.4 is 10.0 Å². The van der Waals surface area contributed by atoms with Crippen LogP contribution in [0.5, 0.6) is 0 Å². The number of ether oxygens (including phenoxy) is 1. The van der Waals surface area contributed by atoms with Gasteiger partial charge in [0.25, 0.3) is 0 Å². The predicted octanol–water partition coefficient (Wildman–Crippen LogP) is 0.767. The fraction of sp³-hybridized carbons (Fsp3) is 0.385. The van der Waals surface area contributed by atoms with E-state index in [9.17, 15) is 18.0 Å². The van der Waals surface area contributed by atoms with E-state index < -0.39 is 28.1 Å². The Kier molecular flexibility index (Phi) is 6.16. The molecule has 0 spiro atoms. The third-order valence-corrected chi connectivity index (χ3v) is 2.97. The average Bonchev–Trinajstić information content (AvgIpc) is 2.35. The SMILES string of the molecule is CC(CC(=O)NS(C)(=O)=O)NC(=O)OCc1ccccc1. The maximum atomic E-state index is 11.5. The third kappa shape index (κ3) is 7.93. The maximum absolute atomic E-state index is 11.5. The van der Waals surface area contributed by atoms with Crippen molar-refractivity contribution in [3.63, 3.8) is 0 Å². The second kappa shape index (κ2) is 7.63. The summed E-state index contributed by atoms with van der Waals surface area (Å²) in [4.78, 5) is 22.9. The van der Waals surface area contributed by atoms with Crippen LogP contribution in [-0.4, -0.2) is 32.7 Å². The number of alkyl carbamates (subject to hydrolysis) is 1. The summed E-state index contributed by atoms with van der Waals surface area (Å²) in [6, 6.07) is 8.59. The van der Waals surface area contributed by atoms with Gasteiger partial charge in [0.15, 0.2) is 0 Å². The number of amides is 2. The molecule has 0 aliphatic carbocycles. The molecule has 21 heavy (non-hydrogen) atoms. The van der Waals surface area contributed by atoms with E-state index in [0.29, 0.717) is 0 Å². The van der Waals surface area contributed by atoms with Crippen molar-refractivity contribution in [1.29, 1.82) is 0 Å². The highest BCUT2D eigenvalue weighted by atomic mass is 32.2. The van der Waals surface area contributed by atoms with Gasteiger partial charge in [-0.05, 0) is 12.5 Å². The van der Waals surface area contributed by atoms with Crippen LogP contribution in [0.25, 0.3) is 0 Å². The van der Waals surface area contributed by atoms with Gasteiger partial charge in [-0.3, -0.25) is 9.52 Å². The van der Waals surface area contributed by atoms with Crippen LogP contribution >= 0.6 is 0 Å². The van der Waals surface area contributed by atoms with E-state index in [-0.39, 0.29) is 13.0 Å². The lowest BCUT2D eigenvalue weighted by Crippen LogP contribution is -2.38. The summed E-state index contributed by atoms with van der Waals surface area (Å²) in [6.07, 6.45) is 0.0588. The second-order valence-corrected chi connectivity index (χ2v) is 6.36. The fourth-order valence-corrected chi connectivity index (χ4v) is 2.04. The molecule has 8 heteroatoms. The molecule has 0 saturated heterocycles. The van der Waals surface area contributed by atoms with Crippen LogP contribution in [0.4, 0.5) is 4.79 Å². The summed E-state index contributed by atoms with van der Waals surface area (Å²) in [5.41, 5.74) is 0.843. The molecule has 116 valence electrons. The van der Waals surface area contributed by atoms with Crippen LogP contribution in [0, 0.1) is 0 Å². The third-order valence-electron chi connectivity index (χ3n) is 2.37. The smallest absolute Gasteiger partial charge is 0.407 e. The monoisotopic (exact) mass is 314 g/mol. The van der Waals surface area contributed by atoms with Crippen molar-refractivity contribution < 1.29 is 22.7 Å². The lowest BCUT2D eigenvalue weighted by atomic mass is 10.2. The maximum Gasteiger partial charge on any atom is 0.407 e. The molecule has 0 heterocycles. The zero-order valence-electron chi connectivity index (χ0n) is 11.8. The van der Waals surface area contributed by atoms with Crippen molar-refractivity contribution in [1.82, 2.24) is 10.0 Å². The van der Waals surface area contributed by atoms with Crippen LogP contribution in [0.1, 0.15) is 18.9 Å². The zero-order valence-corrected chi connectivity index (χ0v) is 12.6. The van der Waals surface area contributed by atoms with Gasteiger partial charge < -0.3 is 10.1 Å². The van der Waals surface area contributed by atoms with Crippen LogP contribution in [0.2, 0.25) is 0 Å². The number of nitrogens with one attached hydrogen (secondary N) is 2. The molecule has 1 atom stereocenters. The molecule has 0 radical (unpaired) electrons. The minimum Gasteiger partial charge on any atom is -0.445 e. The Labute approximate surface area is 123 Å². The predicted molar refractivity (Wildman–Crippen MR) is 76.8 cm³/mol. The Hall–Kier alpha value is -2.09. The Balaban J connectivity index is 2.32. The van der Waals surface area contributed by atoms with Crippen molar-refractivity contribution in [3.05, 3.63) is 35.9 Å². The molecule has 0 fully saturated rings. The van der Waals surface area contributed by atoms with Crippen molar-refractivity contribution in [2.24, 2.45) is 0 Å². The highest BCUT2D eigenvalue weighted by molar-refractivity contribution is 7.89. The van der Waals surface area contributed by atoms with Crippen molar-refractivity contribution in [3.8, 4) is 0 Å². The molecule has 2 amide bonds. The topological polar surface area (TPSA) is 102 Å². The molecule has 1 rings (SSSR count). The molecule has 0 aliphatic rings. The van der Waals surface area contributed by atoms with Gasteiger partial charge in [-0.2, -0.15) is 0 Å². The minimum absolute atomic E-state index is 0.120. The minimum atomic E-state index is -3.59. The lowest BCUT2D eigenvalue weighted by Gasteiger charge is -2.13. The Morgan fingerprint density at radius 1 is 1.24 bits per heavy atom. The van der Waals surface area contributed by atoms with Gasteiger partial charge in [-0.15, -0.1) is 0 Å². The summed E-state index contributed by atoms with van der Waals surface area (Å²) in [7, 11) is -3.59. The summed E-state index contributed by atoms with van der Waals surface area (Å²) in [5.74, 6) is -0.687. The van der Waals surface area contributed by atoms with E-state index in [4.69, 9.17) is 4.74 Å². The largest absolute Gasteiger partial charge is 0.445 e. The van der Waals surface area contributed by atoms with E-state index in [2.05, 4.69) is 5.32 Å². The molecule has 1 unspecified atom stereocenters. The van der Waals surface area contributed by atoms with E-state index in [1.165, 1.54) is 0 Å². The first-order chi connectivity index (χ1) is 9.76. The molecule has 2 N–H and O–H groups in total. The van der Waals surface area contributed by atoms with E-state index in [1.54, 1.807) is 6.92 Å². The van der Waals surface area contributed by atoms with E-state index in [0.717, 1.165) is 11.8 Å². The van der Waals surface area contributed by atoms with Crippen molar-refractivity contribution in [2.45, 2.75) is 26.0 Å². The van der Waals surface area contributed by atoms with E-state index in [1.807, 2.05) is 35.1 Å². The van der Waals surface area contributed by atoms with Gasteiger partial charge in [0.1, 0.15) is 6.61 Å². The first kappa shape index (κ1) is 17.0. The molecule has 0 bridgehead atoms. The highest BCUT2D eigenvalue weighted by Gasteiger charge is 2.15. The first-order valence-electron chi connectivity index (χ1n) is 6.24. The number of hydrogen-bond acceptors (Lipinski definition) is 5. The quantitative estimate of drug-likeness (QED) is 0.807. The van der Waals surface area contributed by atoms with Crippen LogP contribution in [0.15, 0.2) is 30.3 Å². The number of rotatable bonds is 6. The van der Waals surface area contributed by atoms with Crippen LogP contribution in [0.3, 0.4) is 0 Å². The summed E-state index contributed by atoms with van der Waals surface area (Å²) in [5, 5.41) is 2.45. The second-order valence-electron chi connectivity index (χ2n) is 4.61.